The molecule has 0 N–H and O–H groups in total. The largest absolute Gasteiger partial charge is 0.311 e. The van der Waals surface area contributed by atoms with E-state index in [-0.39, 0.29) is 10.8 Å². The number of hydrogen-bond donors (Lipinski definition) is 0. The summed E-state index contributed by atoms with van der Waals surface area (Å²) < 4.78 is 0. The minimum absolute atomic E-state index is 0.150. The summed E-state index contributed by atoms with van der Waals surface area (Å²) in [6.45, 7) is 13.2. The summed E-state index contributed by atoms with van der Waals surface area (Å²) in [6.07, 6.45) is 0. The van der Waals surface area contributed by atoms with Crippen LogP contribution in [0.1, 0.15) is 52.9 Å². The maximum absolute atomic E-state index is 5.09. The van der Waals surface area contributed by atoms with Crippen molar-refractivity contribution in [1.29, 1.82) is 0 Å². The summed E-state index contributed by atoms with van der Waals surface area (Å²) in [7, 11) is 0. The van der Waals surface area contributed by atoms with Gasteiger partial charge >= 0.3 is 0 Å². The molecular formula is C54H47N5. The molecular weight excluding hydrogens is 719 g/mol. The molecule has 0 fully saturated rings. The number of benzene rings is 7. The summed E-state index contributed by atoms with van der Waals surface area (Å²) in [5.74, 6) is 0. The van der Waals surface area contributed by atoms with Crippen molar-refractivity contribution >= 4 is 39.1 Å². The Morgan fingerprint density at radius 3 is 0.898 bits per heavy atom. The maximum atomic E-state index is 5.09. The van der Waals surface area contributed by atoms with Gasteiger partial charge in [-0.2, -0.15) is 0 Å². The lowest BCUT2D eigenvalue weighted by Gasteiger charge is -2.26. The number of fused-ring (bicyclic) bond motifs is 2. The van der Waals surface area contributed by atoms with Crippen LogP contribution in [0.25, 0.3) is 66.8 Å². The molecule has 0 radical (unpaired) electrons. The Labute approximate surface area is 347 Å². The third kappa shape index (κ3) is 7.60. The minimum Gasteiger partial charge on any atom is -0.311 e. The van der Waals surface area contributed by atoms with Crippen LogP contribution in [0.5, 0.6) is 0 Å². The van der Waals surface area contributed by atoms with Gasteiger partial charge in [-0.15, -0.1) is 0 Å². The lowest BCUT2D eigenvalue weighted by molar-refractivity contribution is 0.571. The fraction of sp³-hybridized carbons (Fsp3) is 0.148. The van der Waals surface area contributed by atoms with E-state index in [4.69, 9.17) is 19.9 Å². The molecule has 5 nitrogen and oxygen atoms in total. The summed E-state index contributed by atoms with van der Waals surface area (Å²) >= 11 is 0. The predicted octanol–water partition coefficient (Wildman–Crippen LogP) is 14.3. The predicted molar refractivity (Wildman–Crippen MR) is 246 cm³/mol. The average Bonchev–Trinajstić information content (AvgIpc) is 3.26. The first kappa shape index (κ1) is 37.6. The van der Waals surface area contributed by atoms with Crippen LogP contribution in [-0.2, 0) is 10.8 Å². The van der Waals surface area contributed by atoms with Gasteiger partial charge in [-0.3, -0.25) is 0 Å². The molecule has 2 heterocycles. The van der Waals surface area contributed by atoms with E-state index in [1.54, 1.807) is 0 Å². The Hall–Kier alpha value is -6.98. The van der Waals surface area contributed by atoms with Crippen molar-refractivity contribution in [3.8, 4) is 44.8 Å². The molecule has 9 aromatic rings. The molecule has 5 heteroatoms. The van der Waals surface area contributed by atoms with Crippen molar-refractivity contribution in [2.75, 3.05) is 4.90 Å². The van der Waals surface area contributed by atoms with Gasteiger partial charge in [0.15, 0.2) is 0 Å². The third-order valence-electron chi connectivity index (χ3n) is 10.8. The van der Waals surface area contributed by atoms with Crippen molar-refractivity contribution in [3.05, 3.63) is 187 Å². The van der Waals surface area contributed by atoms with Gasteiger partial charge in [-0.1, -0.05) is 157 Å². The topological polar surface area (TPSA) is 54.8 Å². The number of aromatic nitrogens is 4. The van der Waals surface area contributed by atoms with E-state index in [1.807, 2.05) is 48.5 Å². The van der Waals surface area contributed by atoms with Gasteiger partial charge in [0.2, 0.25) is 0 Å². The van der Waals surface area contributed by atoms with Crippen LogP contribution in [0.3, 0.4) is 0 Å². The van der Waals surface area contributed by atoms with Gasteiger partial charge < -0.3 is 4.90 Å². The fourth-order valence-corrected chi connectivity index (χ4v) is 7.72. The van der Waals surface area contributed by atoms with Crippen molar-refractivity contribution in [1.82, 2.24) is 19.9 Å². The lowest BCUT2D eigenvalue weighted by atomic mass is 9.88. The van der Waals surface area contributed by atoms with Crippen molar-refractivity contribution in [2.24, 2.45) is 0 Å². The lowest BCUT2D eigenvalue weighted by Crippen LogP contribution is -2.16. The molecule has 0 bridgehead atoms. The van der Waals surface area contributed by atoms with Gasteiger partial charge in [-0.05, 0) is 82.9 Å². The number of anilines is 3. The average molecular weight is 766 g/mol. The molecule has 59 heavy (non-hydrogen) atoms. The second-order valence-corrected chi connectivity index (χ2v) is 17.2. The van der Waals surface area contributed by atoms with Crippen LogP contribution in [-0.4, -0.2) is 19.9 Å². The highest BCUT2D eigenvalue weighted by molar-refractivity contribution is 5.83. The van der Waals surface area contributed by atoms with E-state index in [0.717, 1.165) is 95.3 Å². The van der Waals surface area contributed by atoms with Crippen LogP contribution in [0.2, 0.25) is 0 Å². The molecule has 0 spiro atoms. The zero-order chi connectivity index (χ0) is 40.7. The summed E-state index contributed by atoms with van der Waals surface area (Å²) in [4.78, 5) is 22.6. The smallest absolute Gasteiger partial charge is 0.0930 e. The minimum atomic E-state index is -0.150. The molecule has 0 atom stereocenters. The molecule has 0 saturated carbocycles. The monoisotopic (exact) mass is 765 g/mol. The molecule has 0 unspecified atom stereocenters. The van der Waals surface area contributed by atoms with Crippen LogP contribution in [0.4, 0.5) is 17.1 Å². The van der Waals surface area contributed by atoms with Gasteiger partial charge in [0.1, 0.15) is 0 Å². The zero-order valence-electron chi connectivity index (χ0n) is 34.5. The second kappa shape index (κ2) is 15.1. The SMILES string of the molecule is CC(C)(C)c1nc2ccccc2nc1-c1ccc(-c2ccc(N(c3ccccc3)c3ccc(-c4ccc(-c5nc6ccccc6nc5C(C)(C)C)cc4)cc3)cc2)cc1. The van der Waals surface area contributed by atoms with Crippen LogP contribution in [0, 0.1) is 0 Å². The van der Waals surface area contributed by atoms with E-state index in [2.05, 4.69) is 174 Å². The molecule has 9 rings (SSSR count). The molecule has 0 aliphatic rings. The van der Waals surface area contributed by atoms with Gasteiger partial charge in [-0.25, -0.2) is 19.9 Å². The summed E-state index contributed by atoms with van der Waals surface area (Å²) in [6, 6.07) is 61.8. The van der Waals surface area contributed by atoms with Crippen molar-refractivity contribution in [2.45, 2.75) is 52.4 Å². The second-order valence-electron chi connectivity index (χ2n) is 17.2. The maximum Gasteiger partial charge on any atom is 0.0930 e. The summed E-state index contributed by atoms with van der Waals surface area (Å²) in [5, 5.41) is 0. The van der Waals surface area contributed by atoms with Gasteiger partial charge in [0.05, 0.1) is 44.8 Å². The first-order valence-electron chi connectivity index (χ1n) is 20.3. The molecule has 0 aliphatic carbocycles. The zero-order valence-corrected chi connectivity index (χ0v) is 34.5. The standard InChI is InChI=1S/C54H47N5/c1-53(2,3)51-49(55-45-16-10-12-18-47(45)57-51)40-24-20-36(21-25-40)38-28-32-43(33-29-38)59(42-14-8-7-9-15-42)44-34-30-39(31-35-44)37-22-26-41(27-23-37)50-52(54(4,5)6)58-48-19-13-11-17-46(48)56-50/h7-35H,1-6H3. The Bertz CT molecular complexity index is 2720. The Kier molecular flexibility index (Phi) is 9.60. The van der Waals surface area contributed by atoms with Crippen molar-refractivity contribution in [3.63, 3.8) is 0 Å². The highest BCUT2D eigenvalue weighted by Gasteiger charge is 2.24. The molecule has 288 valence electrons. The Balaban J connectivity index is 0.985. The van der Waals surface area contributed by atoms with Crippen LogP contribution >= 0.6 is 0 Å². The van der Waals surface area contributed by atoms with Crippen molar-refractivity contribution < 1.29 is 0 Å². The first-order chi connectivity index (χ1) is 28.5. The van der Waals surface area contributed by atoms with Gasteiger partial charge in [0, 0.05) is 39.0 Å². The number of hydrogen-bond acceptors (Lipinski definition) is 5. The van der Waals surface area contributed by atoms with Crippen LogP contribution in [0.15, 0.2) is 176 Å². The highest BCUT2D eigenvalue weighted by Crippen LogP contribution is 2.39. The normalized spacial score (nSPS) is 11.9. The van der Waals surface area contributed by atoms with E-state index < -0.39 is 0 Å². The molecule has 0 saturated heterocycles. The molecule has 2 aromatic heterocycles. The fourth-order valence-electron chi connectivity index (χ4n) is 7.72. The molecule has 0 aliphatic heterocycles. The van der Waals surface area contributed by atoms with Gasteiger partial charge in [0.25, 0.3) is 0 Å². The number of para-hydroxylation sites is 5. The van der Waals surface area contributed by atoms with E-state index >= 15 is 0 Å². The Morgan fingerprint density at radius 1 is 0.288 bits per heavy atom. The Morgan fingerprint density at radius 2 is 0.559 bits per heavy atom. The van der Waals surface area contributed by atoms with E-state index in [0.29, 0.717) is 0 Å². The molecule has 7 aromatic carbocycles. The third-order valence-corrected chi connectivity index (χ3v) is 10.8. The number of nitrogens with zero attached hydrogens (tertiary/aromatic N) is 5. The van der Waals surface area contributed by atoms with E-state index in [1.165, 1.54) is 0 Å². The summed E-state index contributed by atoms with van der Waals surface area (Å²) in [5.41, 5.74) is 17.2. The van der Waals surface area contributed by atoms with Crippen LogP contribution < -0.4 is 4.90 Å². The first-order valence-corrected chi connectivity index (χ1v) is 20.3. The van der Waals surface area contributed by atoms with E-state index in [9.17, 15) is 0 Å². The quantitative estimate of drug-likeness (QED) is 0.162. The molecule has 0 amide bonds. The number of rotatable bonds is 7. The highest BCUT2D eigenvalue weighted by atomic mass is 15.1.